The molecule has 1 heterocycles. The van der Waals surface area contributed by atoms with Gasteiger partial charge in [0.25, 0.3) is 5.91 Å². The number of nitrogens with two attached hydrogens (primary N) is 1. The number of nitrogen functional groups attached to an aromatic ring is 1. The van der Waals surface area contributed by atoms with Crippen LogP contribution in [0, 0.1) is 5.92 Å². The van der Waals surface area contributed by atoms with Crippen molar-refractivity contribution < 1.29 is 9.53 Å². The van der Waals surface area contributed by atoms with Crippen molar-refractivity contribution in [3.05, 3.63) is 23.8 Å². The predicted molar refractivity (Wildman–Crippen MR) is 83.4 cm³/mol. The molecule has 1 aliphatic carbocycles. The van der Waals surface area contributed by atoms with E-state index in [4.69, 9.17) is 10.5 Å². The summed E-state index contributed by atoms with van der Waals surface area (Å²) in [4.78, 5) is 15.1. The van der Waals surface area contributed by atoms with Gasteiger partial charge < -0.3 is 15.4 Å². The normalized spacial score (nSPS) is 24.7. The lowest BCUT2D eigenvalue weighted by atomic mass is 9.91. The van der Waals surface area contributed by atoms with Crippen molar-refractivity contribution in [1.82, 2.24) is 4.90 Å². The van der Waals surface area contributed by atoms with Crippen molar-refractivity contribution in [2.75, 3.05) is 18.9 Å². The number of anilines is 1. The Bertz CT molecular complexity index is 530. The fraction of sp³-hybridized carbons (Fsp3) is 0.588. The second-order valence-corrected chi connectivity index (χ2v) is 6.05. The van der Waals surface area contributed by atoms with Crippen LogP contribution in [-0.2, 0) is 0 Å². The van der Waals surface area contributed by atoms with Crippen molar-refractivity contribution in [3.8, 4) is 5.75 Å². The quantitative estimate of drug-likeness (QED) is 0.870. The summed E-state index contributed by atoms with van der Waals surface area (Å²) in [6, 6.07) is 5.86. The summed E-state index contributed by atoms with van der Waals surface area (Å²) in [5.74, 6) is 1.35. The van der Waals surface area contributed by atoms with Gasteiger partial charge in [0.15, 0.2) is 0 Å². The molecule has 4 heteroatoms. The molecule has 0 aromatic heterocycles. The summed E-state index contributed by atoms with van der Waals surface area (Å²) >= 11 is 0. The van der Waals surface area contributed by atoms with Gasteiger partial charge in [-0.15, -0.1) is 0 Å². The number of carbonyl (C=O) groups excluding carboxylic acids is 1. The molecule has 2 aliphatic rings. The number of nitrogens with zero attached hydrogens (tertiary/aromatic N) is 1. The van der Waals surface area contributed by atoms with Crippen LogP contribution in [0.15, 0.2) is 18.2 Å². The number of hydrogen-bond acceptors (Lipinski definition) is 3. The SMILES string of the molecule is CCOc1cccc(N)c1C(=O)N1CCCC2CCCC21. The summed E-state index contributed by atoms with van der Waals surface area (Å²) in [5, 5.41) is 0. The maximum atomic E-state index is 13.0. The van der Waals surface area contributed by atoms with Crippen LogP contribution >= 0.6 is 0 Å². The van der Waals surface area contributed by atoms with E-state index in [1.807, 2.05) is 19.1 Å². The van der Waals surface area contributed by atoms with Crippen LogP contribution in [0.4, 0.5) is 5.69 Å². The molecule has 2 fully saturated rings. The molecular formula is C17H24N2O2. The second-order valence-electron chi connectivity index (χ2n) is 6.05. The summed E-state index contributed by atoms with van der Waals surface area (Å²) in [6.45, 7) is 3.31. The third-order valence-corrected chi connectivity index (χ3v) is 4.83. The predicted octanol–water partition coefficient (Wildman–Crippen LogP) is 3.07. The van der Waals surface area contributed by atoms with E-state index in [0.717, 1.165) is 19.4 Å². The van der Waals surface area contributed by atoms with Gasteiger partial charge >= 0.3 is 0 Å². The number of piperidine rings is 1. The number of fused-ring (bicyclic) bond motifs is 1. The van der Waals surface area contributed by atoms with Gasteiger partial charge in [-0.1, -0.05) is 12.5 Å². The Kier molecular flexibility index (Phi) is 4.04. The highest BCUT2D eigenvalue weighted by Gasteiger charge is 2.38. The fourth-order valence-electron chi connectivity index (χ4n) is 3.90. The van der Waals surface area contributed by atoms with E-state index < -0.39 is 0 Å². The van der Waals surface area contributed by atoms with E-state index in [1.54, 1.807) is 6.07 Å². The van der Waals surface area contributed by atoms with Crippen molar-refractivity contribution in [3.63, 3.8) is 0 Å². The summed E-state index contributed by atoms with van der Waals surface area (Å²) in [6.07, 6.45) is 5.99. The Morgan fingerprint density at radius 1 is 1.33 bits per heavy atom. The largest absolute Gasteiger partial charge is 0.493 e. The average Bonchev–Trinajstić information content (AvgIpc) is 2.95. The van der Waals surface area contributed by atoms with Gasteiger partial charge in [-0.2, -0.15) is 0 Å². The highest BCUT2D eigenvalue weighted by atomic mass is 16.5. The van der Waals surface area contributed by atoms with Gasteiger partial charge in [-0.25, -0.2) is 0 Å². The number of hydrogen-bond donors (Lipinski definition) is 1. The Hall–Kier alpha value is -1.71. The average molecular weight is 288 g/mol. The van der Waals surface area contributed by atoms with Gasteiger partial charge in [-0.05, 0) is 50.7 Å². The molecule has 4 nitrogen and oxygen atoms in total. The van der Waals surface area contributed by atoms with Crippen LogP contribution in [0.1, 0.15) is 49.4 Å². The molecule has 1 aromatic carbocycles. The van der Waals surface area contributed by atoms with E-state index in [9.17, 15) is 4.79 Å². The van der Waals surface area contributed by atoms with Crippen LogP contribution in [-0.4, -0.2) is 30.0 Å². The van der Waals surface area contributed by atoms with Gasteiger partial charge in [0.05, 0.1) is 6.61 Å². The molecule has 0 spiro atoms. The van der Waals surface area contributed by atoms with Gasteiger partial charge in [0.2, 0.25) is 0 Å². The first-order valence-corrected chi connectivity index (χ1v) is 8.04. The lowest BCUT2D eigenvalue weighted by Crippen LogP contribution is -2.46. The van der Waals surface area contributed by atoms with E-state index in [0.29, 0.717) is 35.6 Å². The molecule has 1 aromatic rings. The maximum absolute atomic E-state index is 13.0. The summed E-state index contributed by atoms with van der Waals surface area (Å²) in [7, 11) is 0. The molecule has 0 radical (unpaired) electrons. The molecule has 2 unspecified atom stereocenters. The van der Waals surface area contributed by atoms with Crippen molar-refractivity contribution >= 4 is 11.6 Å². The molecule has 21 heavy (non-hydrogen) atoms. The van der Waals surface area contributed by atoms with Crippen LogP contribution in [0.25, 0.3) is 0 Å². The van der Waals surface area contributed by atoms with Crippen LogP contribution in [0.2, 0.25) is 0 Å². The number of carbonyl (C=O) groups is 1. The second kappa shape index (κ2) is 5.96. The third kappa shape index (κ3) is 2.59. The smallest absolute Gasteiger partial charge is 0.259 e. The topological polar surface area (TPSA) is 55.6 Å². The zero-order valence-electron chi connectivity index (χ0n) is 12.7. The minimum Gasteiger partial charge on any atom is -0.493 e. The number of benzene rings is 1. The molecule has 114 valence electrons. The minimum atomic E-state index is 0.0492. The van der Waals surface area contributed by atoms with Crippen LogP contribution < -0.4 is 10.5 Å². The Morgan fingerprint density at radius 3 is 2.95 bits per heavy atom. The third-order valence-electron chi connectivity index (χ3n) is 4.83. The number of ether oxygens (including phenoxy) is 1. The lowest BCUT2D eigenvalue weighted by Gasteiger charge is -2.38. The molecule has 1 aliphatic heterocycles. The van der Waals surface area contributed by atoms with E-state index in [2.05, 4.69) is 4.90 Å². The Morgan fingerprint density at radius 2 is 2.14 bits per heavy atom. The highest BCUT2D eigenvalue weighted by Crippen LogP contribution is 2.38. The molecule has 1 saturated heterocycles. The van der Waals surface area contributed by atoms with Crippen LogP contribution in [0.3, 0.4) is 0 Å². The monoisotopic (exact) mass is 288 g/mol. The van der Waals surface area contributed by atoms with Gasteiger partial charge in [-0.3, -0.25) is 4.79 Å². The molecule has 2 atom stereocenters. The first-order chi connectivity index (χ1) is 10.2. The van der Waals surface area contributed by atoms with E-state index >= 15 is 0 Å². The number of rotatable bonds is 3. The van der Waals surface area contributed by atoms with Crippen LogP contribution in [0.5, 0.6) is 5.75 Å². The summed E-state index contributed by atoms with van der Waals surface area (Å²) in [5.41, 5.74) is 7.14. The highest BCUT2D eigenvalue weighted by molar-refractivity contribution is 6.02. The van der Waals surface area contributed by atoms with Crippen molar-refractivity contribution in [2.45, 2.75) is 45.1 Å². The molecule has 1 saturated carbocycles. The minimum absolute atomic E-state index is 0.0492. The molecule has 1 amide bonds. The van der Waals surface area contributed by atoms with Crippen molar-refractivity contribution in [2.24, 2.45) is 5.92 Å². The Labute approximate surface area is 126 Å². The molecule has 2 N–H and O–H groups in total. The molecule has 0 bridgehead atoms. The molecular weight excluding hydrogens is 264 g/mol. The zero-order chi connectivity index (χ0) is 14.8. The van der Waals surface area contributed by atoms with Gasteiger partial charge in [0, 0.05) is 18.3 Å². The number of likely N-dealkylation sites (tertiary alicyclic amines) is 1. The fourth-order valence-corrected chi connectivity index (χ4v) is 3.90. The summed E-state index contributed by atoms with van der Waals surface area (Å²) < 4.78 is 5.61. The molecule has 3 rings (SSSR count). The van der Waals surface area contributed by atoms with Gasteiger partial charge in [0.1, 0.15) is 11.3 Å². The number of amides is 1. The lowest BCUT2D eigenvalue weighted by molar-refractivity contribution is 0.0545. The zero-order valence-corrected chi connectivity index (χ0v) is 12.7. The first kappa shape index (κ1) is 14.2. The maximum Gasteiger partial charge on any atom is 0.259 e. The van der Waals surface area contributed by atoms with E-state index in [-0.39, 0.29) is 5.91 Å². The van der Waals surface area contributed by atoms with E-state index in [1.165, 1.54) is 19.3 Å². The van der Waals surface area contributed by atoms with Crippen molar-refractivity contribution in [1.29, 1.82) is 0 Å². The Balaban J connectivity index is 1.91. The standard InChI is InChI=1S/C17H24N2O2/c1-2-21-15-10-4-8-13(18)16(15)17(20)19-11-5-7-12-6-3-9-14(12)19/h4,8,10,12,14H,2-3,5-7,9,11,18H2,1H3. The first-order valence-electron chi connectivity index (χ1n) is 8.04.